The van der Waals surface area contributed by atoms with E-state index in [2.05, 4.69) is 57.9 Å². The largest absolute Gasteiger partial charge is 1.00 e. The van der Waals surface area contributed by atoms with E-state index in [1.165, 1.54) is 188 Å². The van der Waals surface area contributed by atoms with Gasteiger partial charge in [0.15, 0.2) is 16.8 Å². The first kappa shape index (κ1) is 90.0. The fourth-order valence-corrected chi connectivity index (χ4v) is 20.5. The van der Waals surface area contributed by atoms with Crippen LogP contribution >= 0.6 is 11.6 Å². The molecule has 3 aliphatic carbocycles. The second-order valence-corrected chi connectivity index (χ2v) is 32.7. The van der Waals surface area contributed by atoms with Crippen molar-refractivity contribution in [3.05, 3.63) is 109 Å². The summed E-state index contributed by atoms with van der Waals surface area (Å²) in [6.45, 7) is 0.119. The number of carbonyl (C=O) groups excluding carboxylic acids is 2. The average molecular weight is 1580 g/mol. The predicted octanol–water partition coefficient (Wildman–Crippen LogP) is 9.00. The van der Waals surface area contributed by atoms with Crippen LogP contribution in [0.2, 0.25) is 5.15 Å². The number of halogens is 2. The first-order valence-electron chi connectivity index (χ1n) is 41.3. The molecule has 3 saturated carbocycles. The van der Waals surface area contributed by atoms with E-state index < -0.39 is 36.2 Å². The van der Waals surface area contributed by atoms with Gasteiger partial charge in [0, 0.05) is 92.1 Å². The number of carbonyl (C=O) groups is 3. The number of esters is 2. The summed E-state index contributed by atoms with van der Waals surface area (Å²) in [6.07, 6.45) is 38.7. The molecule has 9 heterocycles. The summed E-state index contributed by atoms with van der Waals surface area (Å²) in [5, 5.41) is 43.9. The second kappa shape index (κ2) is 44.4. The van der Waals surface area contributed by atoms with Crippen LogP contribution in [0.3, 0.4) is 0 Å². The van der Waals surface area contributed by atoms with E-state index in [9.17, 15) is 39.0 Å². The molecular weight excluding hydrogens is 1460 g/mol. The summed E-state index contributed by atoms with van der Waals surface area (Å²) in [4.78, 5) is 95.0. The Kier molecular flexibility index (Phi) is 35.7. The van der Waals surface area contributed by atoms with Crippen molar-refractivity contribution in [3.63, 3.8) is 0 Å². The number of rotatable bonds is 19. The molecule has 0 spiro atoms. The third-order valence-corrected chi connectivity index (χ3v) is 25.4. The van der Waals surface area contributed by atoms with Crippen LogP contribution in [0.1, 0.15) is 249 Å². The molecule has 0 amide bonds. The minimum absolute atomic E-state index is 0. The van der Waals surface area contributed by atoms with Gasteiger partial charge in [-0.05, 0) is 152 Å². The first-order chi connectivity index (χ1) is 53.5. The monoisotopic (exact) mass is 1580 g/mol. The van der Waals surface area contributed by atoms with Crippen LogP contribution < -0.4 is 62.6 Å². The molecule has 12 atom stereocenters. The summed E-state index contributed by atoms with van der Waals surface area (Å²) in [6, 6.07) is 29.4. The number of carboxylic acids is 1. The summed E-state index contributed by atoms with van der Waals surface area (Å²) in [7, 11) is 5.56. The quantitative estimate of drug-likeness (QED) is 0.0294. The molecule has 29 heteroatoms. The molecule has 6 bridgehead atoms. The maximum absolute atomic E-state index is 13.7. The number of hydrogen-bond donors (Lipinski definition) is 7. The minimum Gasteiger partial charge on any atom is -0.870 e. The third kappa shape index (κ3) is 22.8. The summed E-state index contributed by atoms with van der Waals surface area (Å²) >= 11 is 6.23. The fourth-order valence-electron chi connectivity index (χ4n) is 20.3. The van der Waals surface area contributed by atoms with Gasteiger partial charge >= 0.3 is 55.6 Å². The van der Waals surface area contributed by atoms with Gasteiger partial charge in [0.2, 0.25) is 0 Å². The maximum Gasteiger partial charge on any atom is 1.00 e. The van der Waals surface area contributed by atoms with E-state index in [1.54, 1.807) is 0 Å². The van der Waals surface area contributed by atoms with Gasteiger partial charge in [0.05, 0.1) is 84.9 Å². The van der Waals surface area contributed by atoms with Crippen molar-refractivity contribution in [3.8, 4) is 0 Å². The Balaban J connectivity index is 0.000000180. The molecule has 25 nitrogen and oxygen atoms in total. The first-order valence-corrected chi connectivity index (χ1v) is 41.7. The van der Waals surface area contributed by atoms with Gasteiger partial charge in [-0.3, -0.25) is 43.5 Å². The van der Waals surface area contributed by atoms with Crippen molar-refractivity contribution in [2.45, 2.75) is 322 Å². The Hall–Kier alpha value is -5.95. The molecule has 15 rings (SSSR count). The zero-order valence-electron chi connectivity index (χ0n) is 66.1. The van der Waals surface area contributed by atoms with E-state index in [0.29, 0.717) is 48.3 Å². The standard InChI is InChI=1S/C28H40N4O4.C27H38N4O4.C23H30ClN3O.C5H11NO3.BF.Na.H2O/c1-36-26(34)17-23(33)18-29-27-28(35)32(25-12-8-7-11-24(25)30-27)22-15-20-13-14-21(16-22)31(20)19-9-5-3-2-4-6-10-19;32-22(16-25(33)34)17-28-26-27(35)31(24-11-7-6-10-23(24)29-26)21-14-19-12-13-20(15-21)30(19)18-8-4-2-1-3-5-9-18;24-22-23(28)27(21-11-7-6-10-20(21)25-22)19-14-17-12-13-18(15-19)26(17)16-8-4-2-1-3-5-9-16;1-9-5(8)2-4(7)3-6;1-2;;/h7-8,11-12,19-23,33H,2-6,9-10,13-18H2,1H3,(H,29,30);6-7,10-11,18-22,32H,1-5,8-9,12-17H2,(H,28,29)(H,33,34);6-7,10-11,16-19H,1-5,8-9,12-15H2;4,7H,2-3,6H2,1H3;;;1H2/q;;;;;+1;/p-1/t20-,21+,22?,23?;19-,20+,21?,22?;17-,18+,19?;;;;. The normalized spacial score (nSPS) is 25.3. The van der Waals surface area contributed by atoms with Gasteiger partial charge in [-0.25, -0.2) is 15.0 Å². The molecule has 6 unspecified atom stereocenters. The smallest absolute Gasteiger partial charge is 0.870 e. The predicted molar refractivity (Wildman–Crippen MR) is 430 cm³/mol. The molecule has 112 heavy (non-hydrogen) atoms. The molecule has 2 radical (unpaired) electrons. The number of nitrogens with two attached hydrogens (primary N) is 1. The van der Waals surface area contributed by atoms with Crippen LogP contribution in [0.15, 0.2) is 87.2 Å². The van der Waals surface area contributed by atoms with Gasteiger partial charge in [-0.1, -0.05) is 144 Å². The third-order valence-electron chi connectivity index (χ3n) is 25.2. The summed E-state index contributed by atoms with van der Waals surface area (Å²) in [5.41, 5.74) is 9.52. The molecule has 9 N–H and O–H groups in total. The van der Waals surface area contributed by atoms with Crippen LogP contribution in [0, 0.1) is 0 Å². The van der Waals surface area contributed by atoms with Crippen molar-refractivity contribution < 1.29 is 83.6 Å². The van der Waals surface area contributed by atoms with Crippen molar-refractivity contribution >= 4 is 82.4 Å². The maximum atomic E-state index is 13.7. The van der Waals surface area contributed by atoms with E-state index >= 15 is 0 Å². The van der Waals surface area contributed by atoms with Crippen LogP contribution in [0.4, 0.5) is 16.0 Å². The number of aromatic nitrogens is 6. The fraction of sp³-hybridized carbons (Fsp3) is 0.675. The van der Waals surface area contributed by atoms with Crippen LogP contribution in [0.5, 0.6) is 0 Å². The number of carboxylic acid groups (broad SMARTS) is 1. The van der Waals surface area contributed by atoms with E-state index in [4.69, 9.17) is 31.9 Å². The van der Waals surface area contributed by atoms with Gasteiger partial charge in [0.25, 0.3) is 16.7 Å². The van der Waals surface area contributed by atoms with Gasteiger partial charge in [0.1, 0.15) is 0 Å². The Morgan fingerprint density at radius 1 is 0.446 bits per heavy atom. The molecule has 9 fully saturated rings. The number of anilines is 2. The summed E-state index contributed by atoms with van der Waals surface area (Å²) in [5.74, 6) is -1.59. The Bertz CT molecular complexity index is 4120. The SMILES string of the molecule is COC(=O)CC(O)CN.COC(=O)CC(O)CNc1nc2ccccc2n(C2C[C@H]3CC[C@@H](C2)N3C2CCCCCCC2)c1=O.O=C(O)CC(O)CNc1nc2ccccc2n(C2C[C@H]3CC[C@@H](C2)N3C2CCCCCCC2)c1=O.O=c1c(Cl)nc2ccccc2n1C1C[C@H]2CC[C@@H](C1)N2C1CCCCCCC1.[B]F.[Na+].[OH-]. The molecule has 3 aromatic heterocycles. The van der Waals surface area contributed by atoms with Gasteiger partial charge < -0.3 is 69.8 Å². The van der Waals surface area contributed by atoms with Crippen molar-refractivity contribution in [1.82, 2.24) is 43.4 Å². The molecule has 6 saturated heterocycles. The number of para-hydroxylation sites is 6. The average Bonchev–Trinajstić information content (AvgIpc) is 1.42. The number of hydrogen-bond acceptors (Lipinski definition) is 21. The molecule has 3 aromatic carbocycles. The van der Waals surface area contributed by atoms with Crippen LogP contribution in [-0.4, -0.2) is 202 Å². The Labute approximate surface area is 686 Å². The Morgan fingerprint density at radius 2 is 0.723 bits per heavy atom. The molecular formula is C83H120BClFN12NaO13. The number of piperidine rings is 3. The van der Waals surface area contributed by atoms with Crippen molar-refractivity contribution in [2.24, 2.45) is 5.73 Å². The zero-order valence-corrected chi connectivity index (χ0v) is 68.9. The molecule has 6 aromatic rings. The summed E-state index contributed by atoms with van der Waals surface area (Å²) < 4.78 is 23.7. The number of benzene rings is 3. The number of nitrogens with one attached hydrogen (secondary N) is 2. The molecule has 608 valence electrons. The number of ether oxygens (including phenoxy) is 2. The Morgan fingerprint density at radius 3 is 1.03 bits per heavy atom. The minimum atomic E-state index is -1.09. The number of methoxy groups -OCH3 is 2. The zero-order chi connectivity index (χ0) is 77.8. The van der Waals surface area contributed by atoms with E-state index in [0.717, 1.165) is 77.7 Å². The topological polar surface area (TPSA) is 345 Å². The van der Waals surface area contributed by atoms with Crippen LogP contribution in [0.25, 0.3) is 33.1 Å². The second-order valence-electron chi connectivity index (χ2n) is 32.3. The number of nitrogens with zero attached hydrogens (tertiary/aromatic N) is 9. The molecule has 6 aliphatic heterocycles. The number of aliphatic carboxylic acids is 1. The van der Waals surface area contributed by atoms with Gasteiger partial charge in [-0.15, -0.1) is 0 Å². The van der Waals surface area contributed by atoms with Crippen LogP contribution in [-0.2, 0) is 23.9 Å². The molecule has 9 aliphatic rings. The van der Waals surface area contributed by atoms with E-state index in [-0.39, 0.29) is 126 Å². The van der Waals surface area contributed by atoms with Gasteiger partial charge in [-0.2, -0.15) is 0 Å². The number of fused-ring (bicyclic) bond motifs is 9. The number of aliphatic hydroxyl groups excluding tert-OH is 3. The van der Waals surface area contributed by atoms with E-state index in [1.807, 2.05) is 86.5 Å². The van der Waals surface area contributed by atoms with Crippen molar-refractivity contribution in [2.75, 3.05) is 44.5 Å². The number of aliphatic hydroxyl groups is 3. The van der Waals surface area contributed by atoms with Crippen molar-refractivity contribution in [1.29, 1.82) is 0 Å².